The van der Waals surface area contributed by atoms with Gasteiger partial charge >= 0.3 is 0 Å². The van der Waals surface area contributed by atoms with E-state index < -0.39 is 36.9 Å². The van der Waals surface area contributed by atoms with Gasteiger partial charge in [-0.1, -0.05) is 0 Å². The van der Waals surface area contributed by atoms with Gasteiger partial charge in [0.15, 0.2) is 0 Å². The molecule has 8 heteroatoms. The highest BCUT2D eigenvalue weighted by Gasteiger charge is 2.31. The van der Waals surface area contributed by atoms with Crippen molar-refractivity contribution in [1.29, 1.82) is 5.53 Å². The van der Waals surface area contributed by atoms with E-state index in [1.807, 2.05) is 0 Å². The molecule has 0 fully saturated rings. The summed E-state index contributed by atoms with van der Waals surface area (Å²) in [6, 6.07) is -0.980. The van der Waals surface area contributed by atoms with Crippen molar-refractivity contribution >= 4 is 5.91 Å². The summed E-state index contributed by atoms with van der Waals surface area (Å²) in [6.07, 6.45) is -4.65. The molecule has 6 N–H and O–H groups in total. The molecule has 0 saturated heterocycles. The number of aliphatic hydroxyl groups is 4. The third-order valence-electron chi connectivity index (χ3n) is 2.02. The minimum absolute atomic E-state index is 0.226. The monoisotopic (exact) mass is 235 g/mol. The summed E-state index contributed by atoms with van der Waals surface area (Å²) in [5, 5.41) is 41.9. The van der Waals surface area contributed by atoms with Gasteiger partial charge in [-0.25, -0.2) is 5.53 Å². The van der Waals surface area contributed by atoms with E-state index in [1.165, 1.54) is 6.92 Å². The Bertz CT molecular complexity index is 238. The fraction of sp³-hybridized carbons (Fsp3) is 0.875. The lowest BCUT2D eigenvalue weighted by Gasteiger charge is -2.27. The first-order valence-electron chi connectivity index (χ1n) is 4.69. The molecule has 94 valence electrons. The smallest absolute Gasteiger partial charge is 0.217 e. The summed E-state index contributed by atoms with van der Waals surface area (Å²) in [7, 11) is 0. The first-order chi connectivity index (χ1) is 7.43. The second kappa shape index (κ2) is 7.23. The topological polar surface area (TPSA) is 146 Å². The molecule has 16 heavy (non-hydrogen) atoms. The van der Waals surface area contributed by atoms with Crippen molar-refractivity contribution in [1.82, 2.24) is 5.32 Å². The van der Waals surface area contributed by atoms with Gasteiger partial charge in [0.1, 0.15) is 18.3 Å². The molecule has 0 aromatic rings. The Balaban J connectivity index is 4.51. The molecule has 0 aliphatic carbocycles. The summed E-state index contributed by atoms with van der Waals surface area (Å²) >= 11 is 0. The zero-order chi connectivity index (χ0) is 12.7. The van der Waals surface area contributed by atoms with Crippen molar-refractivity contribution in [3.8, 4) is 0 Å². The van der Waals surface area contributed by atoms with E-state index in [4.69, 9.17) is 15.7 Å². The molecule has 0 radical (unpaired) electrons. The molecule has 0 spiro atoms. The predicted molar refractivity (Wildman–Crippen MR) is 52.7 cm³/mol. The lowest BCUT2D eigenvalue weighted by molar-refractivity contribution is -0.123. The van der Waals surface area contributed by atoms with E-state index in [2.05, 4.69) is 10.4 Å². The molecule has 0 rings (SSSR count). The van der Waals surface area contributed by atoms with E-state index >= 15 is 0 Å². The zero-order valence-corrected chi connectivity index (χ0v) is 8.87. The van der Waals surface area contributed by atoms with Gasteiger partial charge in [0, 0.05) is 6.92 Å². The van der Waals surface area contributed by atoms with Gasteiger partial charge < -0.3 is 25.7 Å². The van der Waals surface area contributed by atoms with E-state index in [9.17, 15) is 15.0 Å². The number of hydrogen-bond donors (Lipinski definition) is 6. The maximum Gasteiger partial charge on any atom is 0.217 e. The van der Waals surface area contributed by atoms with Crippen LogP contribution in [0.4, 0.5) is 0 Å². The maximum absolute atomic E-state index is 10.8. The fourth-order valence-corrected chi connectivity index (χ4v) is 1.17. The van der Waals surface area contributed by atoms with Crippen LogP contribution in [0.3, 0.4) is 0 Å². The fourth-order valence-electron chi connectivity index (χ4n) is 1.17. The largest absolute Gasteiger partial charge is 0.394 e. The van der Waals surface area contributed by atoms with Crippen molar-refractivity contribution < 1.29 is 25.2 Å². The molecule has 0 unspecified atom stereocenters. The molecule has 0 bridgehead atoms. The maximum atomic E-state index is 10.8. The Labute approximate surface area is 92.4 Å². The Morgan fingerprint density at radius 1 is 1.38 bits per heavy atom. The van der Waals surface area contributed by atoms with Gasteiger partial charge in [-0.3, -0.25) is 4.79 Å². The number of carbonyl (C=O) groups excluding carboxylic acids is 1. The molecule has 0 aromatic carbocycles. The van der Waals surface area contributed by atoms with Crippen LogP contribution in [0, 0.1) is 5.53 Å². The normalized spacial score (nSPS) is 18.3. The highest BCUT2D eigenvalue weighted by Crippen LogP contribution is 2.05. The molecule has 0 aromatic heterocycles. The third kappa shape index (κ3) is 4.62. The standard InChI is InChI=1S/C8H17N3O5/c1-4(13)11-5(2-10-9)7(15)8(16)6(14)3-12/h5-9,12,14-16H,2-3H2,1H3,(H,11,13)/t5-,6+,7+,8+/m0/s1. The van der Waals surface area contributed by atoms with Gasteiger partial charge in [-0.2, -0.15) is 5.11 Å². The lowest BCUT2D eigenvalue weighted by atomic mass is 10.0. The molecule has 0 aliphatic rings. The van der Waals surface area contributed by atoms with Crippen molar-refractivity contribution in [3.05, 3.63) is 0 Å². The van der Waals surface area contributed by atoms with Crippen molar-refractivity contribution in [3.63, 3.8) is 0 Å². The van der Waals surface area contributed by atoms with Crippen molar-refractivity contribution in [2.45, 2.75) is 31.3 Å². The summed E-state index contributed by atoms with van der Waals surface area (Å²) in [5.41, 5.74) is 6.63. The average Bonchev–Trinajstić information content (AvgIpc) is 2.24. The Kier molecular flexibility index (Phi) is 6.74. The second-order valence-electron chi connectivity index (χ2n) is 3.38. The van der Waals surface area contributed by atoms with E-state index in [0.29, 0.717) is 0 Å². The highest BCUT2D eigenvalue weighted by molar-refractivity contribution is 5.73. The molecular weight excluding hydrogens is 218 g/mol. The van der Waals surface area contributed by atoms with Gasteiger partial charge in [0.2, 0.25) is 5.91 Å². The summed E-state index contributed by atoms with van der Waals surface area (Å²) in [4.78, 5) is 10.8. The zero-order valence-electron chi connectivity index (χ0n) is 8.87. The van der Waals surface area contributed by atoms with Gasteiger partial charge in [-0.05, 0) is 0 Å². The van der Waals surface area contributed by atoms with Gasteiger partial charge in [0.05, 0.1) is 19.2 Å². The number of amides is 1. The van der Waals surface area contributed by atoms with Crippen LogP contribution in [0.5, 0.6) is 0 Å². The first kappa shape index (κ1) is 14.9. The van der Waals surface area contributed by atoms with Crippen LogP contribution < -0.4 is 5.32 Å². The van der Waals surface area contributed by atoms with Crippen LogP contribution in [0.15, 0.2) is 5.11 Å². The number of carbonyl (C=O) groups is 1. The highest BCUT2D eigenvalue weighted by atomic mass is 16.4. The van der Waals surface area contributed by atoms with Crippen LogP contribution in [0.25, 0.3) is 0 Å². The van der Waals surface area contributed by atoms with E-state index in [1.54, 1.807) is 0 Å². The van der Waals surface area contributed by atoms with Gasteiger partial charge in [0.25, 0.3) is 0 Å². The summed E-state index contributed by atoms with van der Waals surface area (Å²) < 4.78 is 0. The van der Waals surface area contributed by atoms with Crippen molar-refractivity contribution in [2.24, 2.45) is 5.11 Å². The van der Waals surface area contributed by atoms with Gasteiger partial charge in [-0.15, -0.1) is 0 Å². The number of aliphatic hydroxyl groups excluding tert-OH is 4. The van der Waals surface area contributed by atoms with Crippen LogP contribution in [-0.4, -0.2) is 63.8 Å². The van der Waals surface area contributed by atoms with Crippen LogP contribution in [-0.2, 0) is 4.79 Å². The third-order valence-corrected chi connectivity index (χ3v) is 2.02. The Morgan fingerprint density at radius 2 is 1.94 bits per heavy atom. The number of rotatable bonds is 7. The minimum atomic E-state index is -1.62. The SMILES string of the molecule is CC(=O)N[C@@H](CN=N)[C@@H](O)[C@H](O)[C@H](O)CO. The predicted octanol–water partition coefficient (Wildman–Crippen LogP) is -2.40. The van der Waals surface area contributed by atoms with E-state index in [0.717, 1.165) is 0 Å². The van der Waals surface area contributed by atoms with E-state index in [-0.39, 0.29) is 6.54 Å². The second-order valence-corrected chi connectivity index (χ2v) is 3.38. The lowest BCUT2D eigenvalue weighted by Crippen LogP contribution is -2.53. The molecule has 0 heterocycles. The number of nitrogens with zero attached hydrogens (tertiary/aromatic N) is 1. The molecule has 4 atom stereocenters. The number of hydrogen-bond acceptors (Lipinski definition) is 7. The first-order valence-corrected chi connectivity index (χ1v) is 4.69. The Hall–Kier alpha value is -1.09. The Morgan fingerprint density at radius 3 is 2.31 bits per heavy atom. The minimum Gasteiger partial charge on any atom is -0.394 e. The molecular formula is C8H17N3O5. The van der Waals surface area contributed by atoms with Crippen molar-refractivity contribution in [2.75, 3.05) is 13.2 Å². The molecule has 1 amide bonds. The van der Waals surface area contributed by atoms with Crippen LogP contribution in [0.1, 0.15) is 6.92 Å². The molecule has 0 saturated carbocycles. The van der Waals surface area contributed by atoms with Crippen LogP contribution in [0.2, 0.25) is 0 Å². The average molecular weight is 235 g/mol. The molecule has 0 aliphatic heterocycles. The molecule has 8 nitrogen and oxygen atoms in total. The van der Waals surface area contributed by atoms with Crippen LogP contribution >= 0.6 is 0 Å². The summed E-state index contributed by atoms with van der Waals surface area (Å²) in [6.45, 7) is 0.261. The number of nitrogens with one attached hydrogen (secondary N) is 2. The summed E-state index contributed by atoms with van der Waals surface area (Å²) in [5.74, 6) is -0.460. The quantitative estimate of drug-likeness (QED) is 0.272.